The Labute approximate surface area is 85.6 Å². The van der Waals surface area contributed by atoms with Crippen LogP contribution in [0.4, 0.5) is 5.69 Å². The zero-order chi connectivity index (χ0) is 10.8. The van der Waals surface area contributed by atoms with E-state index in [9.17, 15) is 10.1 Å². The maximum Gasteiger partial charge on any atom is 0.283 e. The predicted octanol–water partition coefficient (Wildman–Crippen LogP) is 1.09. The molecule has 0 saturated carbocycles. The first-order valence-corrected chi connectivity index (χ1v) is 4.36. The molecule has 76 valence electrons. The highest BCUT2D eigenvalue weighted by atomic mass is 16.6. The van der Waals surface area contributed by atoms with Gasteiger partial charge in [0.1, 0.15) is 12.5 Å². The van der Waals surface area contributed by atoms with E-state index < -0.39 is 4.92 Å². The highest BCUT2D eigenvalue weighted by Gasteiger charge is 2.17. The van der Waals surface area contributed by atoms with Crippen molar-refractivity contribution >= 4 is 16.6 Å². The zero-order valence-corrected chi connectivity index (χ0v) is 8.08. The lowest BCUT2D eigenvalue weighted by atomic mass is 10.2. The molecule has 1 heterocycles. The van der Waals surface area contributed by atoms with Crippen LogP contribution in [0.5, 0.6) is 0 Å². The number of benzene rings is 1. The van der Waals surface area contributed by atoms with Gasteiger partial charge in [0.05, 0.1) is 4.92 Å². The maximum atomic E-state index is 10.8. The van der Waals surface area contributed by atoms with E-state index in [4.69, 9.17) is 4.84 Å². The molecule has 1 aromatic heterocycles. The molecule has 0 amide bonds. The van der Waals surface area contributed by atoms with Crippen LogP contribution in [0.25, 0.3) is 10.9 Å². The van der Waals surface area contributed by atoms with Gasteiger partial charge in [-0.2, -0.15) is 0 Å². The summed E-state index contributed by atoms with van der Waals surface area (Å²) >= 11 is 0. The van der Waals surface area contributed by atoms with E-state index >= 15 is 0 Å². The molecule has 0 spiro atoms. The van der Waals surface area contributed by atoms with Crippen LogP contribution in [0.2, 0.25) is 0 Å². The molecule has 15 heavy (non-hydrogen) atoms. The maximum absolute atomic E-state index is 10.8. The van der Waals surface area contributed by atoms with Crippen LogP contribution in [0.3, 0.4) is 0 Å². The van der Waals surface area contributed by atoms with Crippen molar-refractivity contribution in [3.63, 3.8) is 0 Å². The summed E-state index contributed by atoms with van der Waals surface area (Å²) < 4.78 is 1.49. The molecule has 2 rings (SSSR count). The predicted molar refractivity (Wildman–Crippen MR) is 53.3 cm³/mol. The number of non-ortho nitro benzene ring substituents is 1. The van der Waals surface area contributed by atoms with Gasteiger partial charge in [0.25, 0.3) is 11.2 Å². The molecule has 0 fully saturated rings. The number of hydrogen-bond acceptors (Lipinski definition) is 3. The summed E-state index contributed by atoms with van der Waals surface area (Å²) in [5, 5.41) is 11.3. The molecule has 0 unspecified atom stereocenters. The minimum Gasteiger partial charge on any atom is -0.274 e. The normalized spacial score (nSPS) is 10.2. The highest BCUT2D eigenvalue weighted by molar-refractivity contribution is 5.85. The van der Waals surface area contributed by atoms with Gasteiger partial charge in [0, 0.05) is 22.9 Å². The summed E-state index contributed by atoms with van der Waals surface area (Å²) in [6, 6.07) is 8.28. The van der Waals surface area contributed by atoms with Gasteiger partial charge in [-0.25, -0.2) is 0 Å². The third kappa shape index (κ3) is 1.48. The smallest absolute Gasteiger partial charge is 0.274 e. The van der Waals surface area contributed by atoms with Crippen molar-refractivity contribution in [1.82, 2.24) is 0 Å². The molecule has 0 N–H and O–H groups in total. The van der Waals surface area contributed by atoms with Gasteiger partial charge in [0.2, 0.25) is 6.20 Å². The van der Waals surface area contributed by atoms with Crippen LogP contribution < -0.4 is 9.57 Å². The Morgan fingerprint density at radius 2 is 2.13 bits per heavy atom. The minimum absolute atomic E-state index is 0.0823. The Balaban J connectivity index is 2.82. The van der Waals surface area contributed by atoms with Crippen LogP contribution in [0.15, 0.2) is 36.5 Å². The van der Waals surface area contributed by atoms with E-state index in [2.05, 4.69) is 0 Å². The van der Waals surface area contributed by atoms with Crippen LogP contribution in [-0.4, -0.2) is 12.0 Å². The molecule has 2 aromatic rings. The second-order valence-electron chi connectivity index (χ2n) is 2.98. The quantitative estimate of drug-likeness (QED) is 0.419. The molecule has 0 radical (unpaired) electrons. The highest BCUT2D eigenvalue weighted by Crippen LogP contribution is 2.22. The molecule has 0 aliphatic carbocycles. The lowest BCUT2D eigenvalue weighted by Gasteiger charge is -1.97. The summed E-state index contributed by atoms with van der Waals surface area (Å²) in [7, 11) is 1.51. The van der Waals surface area contributed by atoms with Crippen molar-refractivity contribution in [2.24, 2.45) is 0 Å². The summed E-state index contributed by atoms with van der Waals surface area (Å²) in [6.07, 6.45) is 1.70. The standard InChI is InChI=1S/C10H9N2O3/c1-15-11-7-3-4-8-9(11)5-2-6-10(8)12(13)14/h2-7H,1H3/q+1. The van der Waals surface area contributed by atoms with E-state index in [1.807, 2.05) is 0 Å². The molecule has 5 heteroatoms. The number of hydrogen-bond donors (Lipinski definition) is 0. The fourth-order valence-electron chi connectivity index (χ4n) is 1.52. The van der Waals surface area contributed by atoms with E-state index in [1.54, 1.807) is 30.5 Å². The van der Waals surface area contributed by atoms with Gasteiger partial charge < -0.3 is 0 Å². The number of rotatable bonds is 2. The van der Waals surface area contributed by atoms with Crippen LogP contribution >= 0.6 is 0 Å². The number of fused-ring (bicyclic) bond motifs is 1. The van der Waals surface area contributed by atoms with Crippen molar-refractivity contribution in [3.8, 4) is 0 Å². The number of nitro benzene ring substituents is 1. The van der Waals surface area contributed by atoms with Crippen LogP contribution in [0.1, 0.15) is 0 Å². The SMILES string of the molecule is CO[n+]1cccc2c([N+](=O)[O-])cccc21. The molecule has 1 aromatic carbocycles. The second kappa shape index (κ2) is 3.53. The van der Waals surface area contributed by atoms with Gasteiger partial charge in [-0.1, -0.05) is 0 Å². The Morgan fingerprint density at radius 1 is 1.33 bits per heavy atom. The third-order valence-electron chi connectivity index (χ3n) is 2.18. The van der Waals surface area contributed by atoms with Crippen molar-refractivity contribution < 1.29 is 14.5 Å². The third-order valence-corrected chi connectivity index (χ3v) is 2.18. The van der Waals surface area contributed by atoms with Crippen LogP contribution in [0, 0.1) is 10.1 Å². The van der Waals surface area contributed by atoms with Gasteiger partial charge in [-0.3, -0.25) is 15.0 Å². The number of aromatic nitrogens is 1. The molecule has 0 aliphatic heterocycles. The topological polar surface area (TPSA) is 56.2 Å². The van der Waals surface area contributed by atoms with Gasteiger partial charge in [-0.05, 0) is 12.1 Å². The number of nitrogens with zero attached hydrogens (tertiary/aromatic N) is 2. The molecule has 0 atom stereocenters. The number of nitro groups is 1. The summed E-state index contributed by atoms with van der Waals surface area (Å²) in [5.41, 5.74) is 0.758. The van der Waals surface area contributed by atoms with E-state index in [0.717, 1.165) is 0 Å². The van der Waals surface area contributed by atoms with Gasteiger partial charge in [-0.15, -0.1) is 0 Å². The monoisotopic (exact) mass is 205 g/mol. The summed E-state index contributed by atoms with van der Waals surface area (Å²) in [6.45, 7) is 0. The van der Waals surface area contributed by atoms with Gasteiger partial charge in [0.15, 0.2) is 0 Å². The second-order valence-corrected chi connectivity index (χ2v) is 2.98. The largest absolute Gasteiger partial charge is 0.283 e. The lowest BCUT2D eigenvalue weighted by Crippen LogP contribution is -2.40. The lowest BCUT2D eigenvalue weighted by molar-refractivity contribution is -0.865. The first-order chi connectivity index (χ1) is 7.24. The number of pyridine rings is 1. The molecule has 0 aliphatic rings. The van der Waals surface area contributed by atoms with Crippen molar-refractivity contribution in [2.75, 3.05) is 7.11 Å². The molecule has 0 saturated heterocycles. The molecule has 0 bridgehead atoms. The van der Waals surface area contributed by atoms with E-state index in [0.29, 0.717) is 10.9 Å². The van der Waals surface area contributed by atoms with Gasteiger partial charge >= 0.3 is 0 Å². The molecular weight excluding hydrogens is 196 g/mol. The van der Waals surface area contributed by atoms with Crippen LogP contribution in [-0.2, 0) is 0 Å². The zero-order valence-electron chi connectivity index (χ0n) is 8.08. The Bertz CT molecular complexity index is 525. The first kappa shape index (κ1) is 9.39. The van der Waals surface area contributed by atoms with E-state index in [-0.39, 0.29) is 5.69 Å². The van der Waals surface area contributed by atoms with Crippen molar-refractivity contribution in [1.29, 1.82) is 0 Å². The molecular formula is C10H9N2O3+. The fraction of sp³-hybridized carbons (Fsp3) is 0.100. The average molecular weight is 205 g/mol. The first-order valence-electron chi connectivity index (χ1n) is 4.36. The van der Waals surface area contributed by atoms with E-state index in [1.165, 1.54) is 17.9 Å². The summed E-state index contributed by atoms with van der Waals surface area (Å²) in [5.74, 6) is 0. The minimum atomic E-state index is -0.400. The fourth-order valence-corrected chi connectivity index (χ4v) is 1.52. The van der Waals surface area contributed by atoms with Crippen molar-refractivity contribution in [2.45, 2.75) is 0 Å². The Kier molecular flexibility index (Phi) is 2.21. The van der Waals surface area contributed by atoms with Crippen molar-refractivity contribution in [3.05, 3.63) is 46.6 Å². The molecule has 5 nitrogen and oxygen atoms in total. The average Bonchev–Trinajstić information content (AvgIpc) is 2.27. The Morgan fingerprint density at radius 3 is 2.80 bits per heavy atom. The summed E-state index contributed by atoms with van der Waals surface area (Å²) in [4.78, 5) is 15.4. The Hall–Kier alpha value is -2.17.